The Morgan fingerprint density at radius 3 is 2.62 bits per heavy atom. The van der Waals surface area contributed by atoms with E-state index in [9.17, 15) is 9.90 Å². The lowest BCUT2D eigenvalue weighted by Gasteiger charge is -2.38. The first kappa shape index (κ1) is 19.3. The molecule has 2 heterocycles. The first-order valence-corrected chi connectivity index (χ1v) is 9.62. The highest BCUT2D eigenvalue weighted by Gasteiger charge is 2.36. The van der Waals surface area contributed by atoms with Crippen LogP contribution in [0.25, 0.3) is 10.9 Å². The topological polar surface area (TPSA) is 85.6 Å². The largest absolute Gasteiger partial charge is 0.497 e. The molecule has 1 atom stereocenters. The fraction of sp³-hybridized carbons (Fsp3) is 0.364. The first-order chi connectivity index (χ1) is 14.0. The average Bonchev–Trinajstić information content (AvgIpc) is 3.06. The van der Waals surface area contributed by atoms with Gasteiger partial charge < -0.3 is 24.5 Å². The molecule has 0 saturated heterocycles. The van der Waals surface area contributed by atoms with Crippen molar-refractivity contribution in [3.8, 4) is 11.6 Å². The standard InChI is InChI=1S/C22H25N3O4/c1-25-18-6-5-17(28-2)10-14(18)11-19(25)22(27)24-21(15-8-16(26)9-15)13-4-7-20(29-3)23-12-13/h4-7,10-12,15-16,21,26H,8-9H2,1-3H3,(H,24,27)/t15?,16?,21-/m1/s1. The molecule has 29 heavy (non-hydrogen) atoms. The van der Waals surface area contributed by atoms with Gasteiger partial charge in [0.25, 0.3) is 5.91 Å². The summed E-state index contributed by atoms with van der Waals surface area (Å²) < 4.78 is 12.3. The van der Waals surface area contributed by atoms with Gasteiger partial charge in [-0.1, -0.05) is 6.07 Å². The van der Waals surface area contributed by atoms with Gasteiger partial charge in [-0.3, -0.25) is 4.79 Å². The number of benzene rings is 1. The number of nitrogens with one attached hydrogen (secondary N) is 1. The fourth-order valence-corrected chi connectivity index (χ4v) is 3.96. The number of aryl methyl sites for hydroxylation is 1. The van der Waals surface area contributed by atoms with Gasteiger partial charge in [-0.05, 0) is 48.6 Å². The number of nitrogens with zero attached hydrogens (tertiary/aromatic N) is 2. The Kier molecular flexibility index (Phi) is 5.15. The smallest absolute Gasteiger partial charge is 0.268 e. The van der Waals surface area contributed by atoms with Gasteiger partial charge in [0, 0.05) is 30.2 Å². The predicted octanol–water partition coefficient (Wildman–Crippen LogP) is 2.83. The number of aliphatic hydroxyl groups excluding tert-OH is 1. The molecule has 3 aromatic rings. The fourth-order valence-electron chi connectivity index (χ4n) is 3.96. The van der Waals surface area contributed by atoms with Crippen LogP contribution in [0.1, 0.15) is 34.9 Å². The molecule has 4 rings (SSSR count). The normalized spacial score (nSPS) is 19.4. The van der Waals surface area contributed by atoms with Crippen LogP contribution in [0.15, 0.2) is 42.6 Å². The van der Waals surface area contributed by atoms with E-state index in [-0.39, 0.29) is 24.0 Å². The molecule has 2 aromatic heterocycles. The third-order valence-corrected chi connectivity index (χ3v) is 5.72. The highest BCUT2D eigenvalue weighted by Crippen LogP contribution is 2.38. The Labute approximate surface area is 169 Å². The van der Waals surface area contributed by atoms with E-state index < -0.39 is 0 Å². The van der Waals surface area contributed by atoms with E-state index in [1.54, 1.807) is 26.5 Å². The molecule has 1 aliphatic rings. The van der Waals surface area contributed by atoms with Gasteiger partial charge in [-0.25, -0.2) is 4.98 Å². The van der Waals surface area contributed by atoms with Crippen LogP contribution in [0.2, 0.25) is 0 Å². The Bertz CT molecular complexity index is 1020. The van der Waals surface area contributed by atoms with E-state index in [0.717, 1.165) is 22.2 Å². The molecular formula is C22H25N3O4. The van der Waals surface area contributed by atoms with Gasteiger partial charge >= 0.3 is 0 Å². The van der Waals surface area contributed by atoms with Crippen molar-refractivity contribution in [1.29, 1.82) is 0 Å². The molecule has 2 N–H and O–H groups in total. The molecule has 1 aromatic carbocycles. The van der Waals surface area contributed by atoms with Crippen molar-refractivity contribution in [3.63, 3.8) is 0 Å². The molecule has 0 radical (unpaired) electrons. The lowest BCUT2D eigenvalue weighted by atomic mass is 9.75. The van der Waals surface area contributed by atoms with Gasteiger partial charge in [0.2, 0.25) is 5.88 Å². The second-order valence-corrected chi connectivity index (χ2v) is 7.48. The second kappa shape index (κ2) is 7.75. The van der Waals surface area contributed by atoms with Crippen LogP contribution in [0.4, 0.5) is 0 Å². The molecule has 0 unspecified atom stereocenters. The van der Waals surface area contributed by atoms with E-state index in [2.05, 4.69) is 10.3 Å². The van der Waals surface area contributed by atoms with Crippen molar-refractivity contribution >= 4 is 16.8 Å². The lowest BCUT2D eigenvalue weighted by Crippen LogP contribution is -2.41. The SMILES string of the molecule is COc1ccc2c(c1)cc(C(=O)N[C@H](c1ccc(OC)nc1)C1CC(O)C1)n2C. The van der Waals surface area contributed by atoms with Gasteiger partial charge in [-0.2, -0.15) is 0 Å². The summed E-state index contributed by atoms with van der Waals surface area (Å²) in [5, 5.41) is 13.9. The highest BCUT2D eigenvalue weighted by molar-refractivity contribution is 5.99. The number of carbonyl (C=O) groups is 1. The summed E-state index contributed by atoms with van der Waals surface area (Å²) >= 11 is 0. The minimum absolute atomic E-state index is 0.162. The van der Waals surface area contributed by atoms with Crippen molar-refractivity contribution in [1.82, 2.24) is 14.9 Å². The zero-order valence-electron chi connectivity index (χ0n) is 16.8. The molecule has 7 heteroatoms. The number of aliphatic hydroxyl groups is 1. The van der Waals surface area contributed by atoms with Crippen LogP contribution in [-0.2, 0) is 7.05 Å². The van der Waals surface area contributed by atoms with Crippen molar-refractivity contribution in [2.45, 2.75) is 25.0 Å². The summed E-state index contributed by atoms with van der Waals surface area (Å²) in [7, 11) is 5.07. The Balaban J connectivity index is 1.62. The number of carbonyl (C=O) groups excluding carboxylic acids is 1. The number of methoxy groups -OCH3 is 2. The van der Waals surface area contributed by atoms with E-state index in [0.29, 0.717) is 24.4 Å². The van der Waals surface area contributed by atoms with E-state index >= 15 is 0 Å². The molecule has 1 saturated carbocycles. The third kappa shape index (κ3) is 3.65. The number of rotatable bonds is 6. The minimum Gasteiger partial charge on any atom is -0.497 e. The Morgan fingerprint density at radius 2 is 2.00 bits per heavy atom. The number of hydrogen-bond donors (Lipinski definition) is 2. The highest BCUT2D eigenvalue weighted by atomic mass is 16.5. The number of pyridine rings is 1. The van der Waals surface area contributed by atoms with Crippen LogP contribution in [-0.4, -0.2) is 40.9 Å². The molecule has 0 bridgehead atoms. The summed E-state index contributed by atoms with van der Waals surface area (Å²) in [5.41, 5.74) is 2.42. The van der Waals surface area contributed by atoms with Crippen molar-refractivity contribution < 1.29 is 19.4 Å². The van der Waals surface area contributed by atoms with Crippen LogP contribution < -0.4 is 14.8 Å². The zero-order chi connectivity index (χ0) is 20.5. The van der Waals surface area contributed by atoms with Gasteiger partial charge in [0.15, 0.2) is 0 Å². The summed E-state index contributed by atoms with van der Waals surface area (Å²) in [5.74, 6) is 1.28. The van der Waals surface area contributed by atoms with Gasteiger partial charge in [0.1, 0.15) is 11.4 Å². The van der Waals surface area contributed by atoms with Gasteiger partial charge in [0.05, 0.1) is 26.4 Å². The average molecular weight is 395 g/mol. The van der Waals surface area contributed by atoms with Crippen LogP contribution in [0, 0.1) is 5.92 Å². The Morgan fingerprint density at radius 1 is 1.21 bits per heavy atom. The molecule has 1 aliphatic carbocycles. The summed E-state index contributed by atoms with van der Waals surface area (Å²) in [6.07, 6.45) is 2.73. The van der Waals surface area contributed by atoms with E-state index in [1.807, 2.05) is 41.9 Å². The maximum atomic E-state index is 13.2. The Hall–Kier alpha value is -3.06. The molecule has 0 aliphatic heterocycles. The zero-order valence-corrected chi connectivity index (χ0v) is 16.8. The monoisotopic (exact) mass is 395 g/mol. The van der Waals surface area contributed by atoms with Crippen molar-refractivity contribution in [3.05, 3.63) is 53.9 Å². The lowest BCUT2D eigenvalue weighted by molar-refractivity contribution is 0.0233. The molecule has 1 amide bonds. The quantitative estimate of drug-likeness (QED) is 0.670. The molecule has 1 fully saturated rings. The predicted molar refractivity (Wildman–Crippen MR) is 109 cm³/mol. The summed E-state index contributed by atoms with van der Waals surface area (Å²) in [6, 6.07) is 11.1. The van der Waals surface area contributed by atoms with Crippen LogP contribution >= 0.6 is 0 Å². The summed E-state index contributed by atoms with van der Waals surface area (Å²) in [4.78, 5) is 17.4. The van der Waals surface area contributed by atoms with E-state index in [4.69, 9.17) is 9.47 Å². The maximum absolute atomic E-state index is 13.2. The molecular weight excluding hydrogens is 370 g/mol. The first-order valence-electron chi connectivity index (χ1n) is 9.62. The molecule has 152 valence electrons. The van der Waals surface area contributed by atoms with Crippen molar-refractivity contribution in [2.75, 3.05) is 14.2 Å². The van der Waals surface area contributed by atoms with E-state index in [1.165, 1.54) is 0 Å². The number of amides is 1. The number of hydrogen-bond acceptors (Lipinski definition) is 5. The van der Waals surface area contributed by atoms with Gasteiger partial charge in [-0.15, -0.1) is 0 Å². The second-order valence-electron chi connectivity index (χ2n) is 7.48. The minimum atomic E-state index is -0.310. The third-order valence-electron chi connectivity index (χ3n) is 5.72. The number of fused-ring (bicyclic) bond motifs is 1. The number of ether oxygens (including phenoxy) is 2. The summed E-state index contributed by atoms with van der Waals surface area (Å²) in [6.45, 7) is 0. The van der Waals surface area contributed by atoms with Crippen molar-refractivity contribution in [2.24, 2.45) is 13.0 Å². The van der Waals surface area contributed by atoms with Crippen LogP contribution in [0.3, 0.4) is 0 Å². The maximum Gasteiger partial charge on any atom is 0.268 e. The number of aromatic nitrogens is 2. The molecule has 7 nitrogen and oxygen atoms in total. The molecule has 0 spiro atoms. The van der Waals surface area contributed by atoms with Crippen LogP contribution in [0.5, 0.6) is 11.6 Å².